The van der Waals surface area contributed by atoms with Crippen molar-refractivity contribution in [1.29, 1.82) is 0 Å². The van der Waals surface area contributed by atoms with Gasteiger partial charge in [-0.1, -0.05) is 38.1 Å². The molecule has 0 aliphatic carbocycles. The minimum Gasteiger partial charge on any atom is -0.343 e. The molecule has 2 heterocycles. The van der Waals surface area contributed by atoms with Gasteiger partial charge in [-0.15, -0.1) is 0 Å². The van der Waals surface area contributed by atoms with E-state index >= 15 is 0 Å². The van der Waals surface area contributed by atoms with Gasteiger partial charge in [0.25, 0.3) is 0 Å². The lowest BCUT2D eigenvalue weighted by molar-refractivity contribution is -0.739. The first-order valence-corrected chi connectivity index (χ1v) is 11.5. The summed E-state index contributed by atoms with van der Waals surface area (Å²) in [6, 6.07) is 8.39. The van der Waals surface area contributed by atoms with Crippen LogP contribution in [0.25, 0.3) is 0 Å². The first kappa shape index (κ1) is 24.6. The van der Waals surface area contributed by atoms with Crippen molar-refractivity contribution in [3.8, 4) is 0 Å². The maximum atomic E-state index is 14.8. The first-order valence-electron chi connectivity index (χ1n) is 11.5. The molecular formula is C25H29F3N5O2+. The molecule has 7 nitrogen and oxygen atoms in total. The maximum absolute atomic E-state index is 14.8. The summed E-state index contributed by atoms with van der Waals surface area (Å²) in [6.07, 6.45) is 0.103. The van der Waals surface area contributed by atoms with Crippen molar-refractivity contribution in [2.45, 2.75) is 50.9 Å². The Balaban J connectivity index is 1.60. The normalized spacial score (nSPS) is 20.3. The summed E-state index contributed by atoms with van der Waals surface area (Å²) >= 11 is 0. The van der Waals surface area contributed by atoms with E-state index in [0.29, 0.717) is 22.4 Å². The van der Waals surface area contributed by atoms with Crippen molar-refractivity contribution in [3.63, 3.8) is 0 Å². The van der Waals surface area contributed by atoms with Crippen molar-refractivity contribution >= 4 is 11.8 Å². The second kappa shape index (κ2) is 10.4. The highest BCUT2D eigenvalue weighted by Gasteiger charge is 2.40. The van der Waals surface area contributed by atoms with Crippen molar-refractivity contribution in [1.82, 2.24) is 21.1 Å². The lowest BCUT2D eigenvalue weighted by Gasteiger charge is -2.27. The summed E-state index contributed by atoms with van der Waals surface area (Å²) in [5, 5.41) is 2.81. The van der Waals surface area contributed by atoms with Crippen molar-refractivity contribution in [2.75, 3.05) is 6.54 Å². The van der Waals surface area contributed by atoms with E-state index in [4.69, 9.17) is 0 Å². The number of nitrogens with two attached hydrogens (primary N) is 1. The van der Waals surface area contributed by atoms with Gasteiger partial charge in [-0.3, -0.25) is 9.59 Å². The van der Waals surface area contributed by atoms with Gasteiger partial charge in [0.2, 0.25) is 11.8 Å². The molecule has 0 unspecified atom stereocenters. The van der Waals surface area contributed by atoms with Crippen LogP contribution in [-0.2, 0) is 9.59 Å². The third-order valence-electron chi connectivity index (χ3n) is 6.26. The molecule has 186 valence electrons. The zero-order valence-electron chi connectivity index (χ0n) is 19.5. The number of carbonyl (C=O) groups is 2. The van der Waals surface area contributed by atoms with Gasteiger partial charge < -0.3 is 10.2 Å². The number of hydrogen-bond acceptors (Lipinski definition) is 4. The van der Waals surface area contributed by atoms with Crippen LogP contribution in [0, 0.1) is 11.6 Å². The predicted molar refractivity (Wildman–Crippen MR) is 123 cm³/mol. The molecule has 4 rings (SSSR count). The molecule has 3 atom stereocenters. The number of quaternary nitrogens is 1. The summed E-state index contributed by atoms with van der Waals surface area (Å²) in [7, 11) is 0. The maximum Gasteiger partial charge on any atom is 0.243 e. The standard InChI is InChI=1S/C25H28F3N5O2/c1-14(2)20-7-6-16(9-21(20)28)24(15-4-3-5-17(26)8-15)30-25(35)22-10-18(27)13-33(22)23(34)11-19-12-29-32-31-19/h3-9,12,14,18,22,24,29,31-32H,10-11,13H2,1-2H3,(H,30,35)/p+1/t18-,22+,24+/m1/s1. The summed E-state index contributed by atoms with van der Waals surface area (Å²) in [5.41, 5.74) is 9.20. The Morgan fingerprint density at radius 2 is 1.94 bits per heavy atom. The molecule has 2 aliphatic heterocycles. The highest BCUT2D eigenvalue weighted by atomic mass is 19.1. The topological polar surface area (TPSA) is 90.1 Å². The Labute approximate surface area is 201 Å². The number of amides is 2. The zero-order valence-corrected chi connectivity index (χ0v) is 19.5. The van der Waals surface area contributed by atoms with Crippen LogP contribution in [0.3, 0.4) is 0 Å². The molecule has 5 N–H and O–H groups in total. The van der Waals surface area contributed by atoms with Crippen LogP contribution in [0.4, 0.5) is 13.2 Å². The number of carbonyl (C=O) groups excluding carboxylic acids is 2. The van der Waals surface area contributed by atoms with Crippen LogP contribution in [0.5, 0.6) is 0 Å². The molecule has 0 bridgehead atoms. The Kier molecular flexibility index (Phi) is 7.30. The molecule has 2 amide bonds. The quantitative estimate of drug-likeness (QED) is 0.449. The van der Waals surface area contributed by atoms with Gasteiger partial charge in [0.15, 0.2) is 0 Å². The highest BCUT2D eigenvalue weighted by molar-refractivity contribution is 5.89. The van der Waals surface area contributed by atoms with Crippen molar-refractivity contribution < 1.29 is 28.3 Å². The molecule has 2 aliphatic rings. The van der Waals surface area contributed by atoms with Crippen LogP contribution in [0.1, 0.15) is 55.3 Å². The molecule has 0 saturated carbocycles. The average molecular weight is 489 g/mol. The fourth-order valence-electron chi connectivity index (χ4n) is 4.47. The summed E-state index contributed by atoms with van der Waals surface area (Å²) in [4.78, 5) is 27.4. The van der Waals surface area contributed by atoms with Gasteiger partial charge in [-0.2, -0.15) is 5.53 Å². The van der Waals surface area contributed by atoms with Crippen LogP contribution >= 0.6 is 0 Å². The summed E-state index contributed by atoms with van der Waals surface area (Å²) in [5.74, 6) is -1.96. The highest BCUT2D eigenvalue weighted by Crippen LogP contribution is 2.29. The Bertz CT molecular complexity index is 1140. The van der Waals surface area contributed by atoms with Crippen LogP contribution in [0.15, 0.2) is 54.4 Å². The molecule has 1 fully saturated rings. The fourth-order valence-corrected chi connectivity index (χ4v) is 4.47. The SMILES string of the molecule is CC(C)c1ccc([C@@H](NC(=O)[C@@H]2C[C@@H](F)CN2C(=O)CC2=CN[NH2+]N2)c2cccc(F)c2)cc1F. The lowest BCUT2D eigenvalue weighted by Crippen LogP contribution is -2.96. The number of nitrogens with one attached hydrogen (secondary N) is 3. The Morgan fingerprint density at radius 3 is 2.60 bits per heavy atom. The third kappa shape index (κ3) is 5.59. The molecule has 10 heteroatoms. The monoisotopic (exact) mass is 488 g/mol. The molecule has 2 aromatic carbocycles. The number of hydrogen-bond donors (Lipinski definition) is 4. The number of benzene rings is 2. The van der Waals surface area contributed by atoms with Gasteiger partial charge in [-0.05, 0) is 40.8 Å². The number of halogens is 3. The lowest BCUT2D eigenvalue weighted by atomic mass is 9.94. The second-order valence-corrected chi connectivity index (χ2v) is 9.13. The molecule has 2 aromatic rings. The van der Waals surface area contributed by atoms with Gasteiger partial charge in [0.1, 0.15) is 23.8 Å². The van der Waals surface area contributed by atoms with Crippen LogP contribution < -0.4 is 21.7 Å². The Hall–Kier alpha value is -3.53. The zero-order chi connectivity index (χ0) is 25.1. The van der Waals surface area contributed by atoms with Gasteiger partial charge in [-0.25, -0.2) is 24.0 Å². The molecule has 35 heavy (non-hydrogen) atoms. The van der Waals surface area contributed by atoms with Gasteiger partial charge in [0.05, 0.1) is 30.9 Å². The summed E-state index contributed by atoms with van der Waals surface area (Å²) < 4.78 is 43.2. The van der Waals surface area contributed by atoms with E-state index in [0.717, 1.165) is 0 Å². The smallest absolute Gasteiger partial charge is 0.243 e. The van der Waals surface area contributed by atoms with Crippen LogP contribution in [0.2, 0.25) is 0 Å². The molecule has 0 radical (unpaired) electrons. The molecule has 0 spiro atoms. The van der Waals surface area contributed by atoms with Crippen LogP contribution in [-0.4, -0.2) is 35.5 Å². The molecular weight excluding hydrogens is 459 g/mol. The van der Waals surface area contributed by atoms with Gasteiger partial charge >= 0.3 is 0 Å². The minimum atomic E-state index is -1.35. The fraction of sp³-hybridized carbons (Fsp3) is 0.360. The van der Waals surface area contributed by atoms with E-state index in [2.05, 4.69) is 16.2 Å². The van der Waals surface area contributed by atoms with E-state index in [9.17, 15) is 22.8 Å². The first-order chi connectivity index (χ1) is 16.7. The third-order valence-corrected chi connectivity index (χ3v) is 6.26. The summed E-state index contributed by atoms with van der Waals surface area (Å²) in [6.45, 7) is 3.55. The second-order valence-electron chi connectivity index (χ2n) is 9.13. The number of alkyl halides is 1. The predicted octanol–water partition coefficient (Wildman–Crippen LogP) is 2.05. The molecule has 1 saturated heterocycles. The van der Waals surface area contributed by atoms with E-state index in [-0.39, 0.29) is 25.3 Å². The van der Waals surface area contributed by atoms with E-state index in [1.807, 2.05) is 13.8 Å². The van der Waals surface area contributed by atoms with E-state index < -0.39 is 41.7 Å². The van der Waals surface area contributed by atoms with E-state index in [1.165, 1.54) is 29.2 Å². The number of nitrogens with zero attached hydrogens (tertiary/aromatic N) is 1. The average Bonchev–Trinajstić information content (AvgIpc) is 3.46. The van der Waals surface area contributed by atoms with E-state index in [1.54, 1.807) is 29.9 Å². The van der Waals surface area contributed by atoms with Crippen molar-refractivity contribution in [2.24, 2.45) is 0 Å². The number of likely N-dealkylation sites (tertiary alicyclic amines) is 1. The molecule has 0 aromatic heterocycles. The Morgan fingerprint density at radius 1 is 1.17 bits per heavy atom. The van der Waals surface area contributed by atoms with Gasteiger partial charge in [0, 0.05) is 6.42 Å². The van der Waals surface area contributed by atoms with Crippen molar-refractivity contribution in [3.05, 3.63) is 82.7 Å². The largest absolute Gasteiger partial charge is 0.343 e. The number of rotatable bonds is 7. The minimum absolute atomic E-state index is 0.0187.